The van der Waals surface area contributed by atoms with Crippen LogP contribution in [0.4, 0.5) is 5.69 Å². The van der Waals surface area contributed by atoms with Crippen molar-refractivity contribution >= 4 is 34.9 Å². The lowest BCUT2D eigenvalue weighted by atomic mass is 10.1. The van der Waals surface area contributed by atoms with Crippen molar-refractivity contribution in [1.82, 2.24) is 19.6 Å². The molecule has 0 aliphatic carbocycles. The van der Waals surface area contributed by atoms with Gasteiger partial charge in [0.25, 0.3) is 11.7 Å². The number of nitrogens with zero attached hydrogens (tertiary/aromatic N) is 4. The Morgan fingerprint density at radius 3 is 2.79 bits per heavy atom. The fourth-order valence-corrected chi connectivity index (χ4v) is 3.21. The number of carbonyl (C=O) groups is 2. The van der Waals surface area contributed by atoms with Crippen LogP contribution in [0.15, 0.2) is 24.5 Å². The largest absolute Gasteiger partial charge is 0.453 e. The summed E-state index contributed by atoms with van der Waals surface area (Å²) in [5.74, 6) is -0.359. The highest BCUT2D eigenvalue weighted by atomic mass is 35.5. The maximum atomic E-state index is 12.4. The van der Waals surface area contributed by atoms with Crippen LogP contribution in [-0.4, -0.2) is 37.6 Å². The molecule has 3 aromatic rings. The Morgan fingerprint density at radius 2 is 2.03 bits per heavy atom. The van der Waals surface area contributed by atoms with Crippen molar-refractivity contribution in [2.75, 3.05) is 5.32 Å². The van der Waals surface area contributed by atoms with Crippen LogP contribution in [0.1, 0.15) is 35.9 Å². The standard InChI is InChI=1S/C20H22ClN5O3/c1-11-16(21)6-5-7-17(11)25-19(28)14(4)29-18(27)9-8-15-12(2)24-20-22-10-23-26(20)13(15)3/h5-7,10,14H,8-9H2,1-4H3,(H,25,28)/t14-/m1/s1. The normalized spacial score (nSPS) is 12.0. The number of amides is 1. The Bertz CT molecular complexity index is 1080. The minimum Gasteiger partial charge on any atom is -0.453 e. The highest BCUT2D eigenvalue weighted by Crippen LogP contribution is 2.23. The van der Waals surface area contributed by atoms with E-state index in [4.69, 9.17) is 16.3 Å². The van der Waals surface area contributed by atoms with Crippen molar-refractivity contribution in [3.8, 4) is 0 Å². The summed E-state index contributed by atoms with van der Waals surface area (Å²) in [6, 6.07) is 5.23. The zero-order valence-corrected chi connectivity index (χ0v) is 17.4. The number of fused-ring (bicyclic) bond motifs is 1. The van der Waals surface area contributed by atoms with Crippen LogP contribution in [0, 0.1) is 20.8 Å². The second kappa shape index (κ2) is 8.57. The molecule has 2 aromatic heterocycles. The van der Waals surface area contributed by atoms with Gasteiger partial charge >= 0.3 is 5.97 Å². The molecular weight excluding hydrogens is 394 g/mol. The first-order chi connectivity index (χ1) is 13.8. The molecule has 1 amide bonds. The Labute approximate surface area is 173 Å². The molecule has 0 unspecified atom stereocenters. The number of ether oxygens (including phenoxy) is 1. The minimum absolute atomic E-state index is 0.122. The summed E-state index contributed by atoms with van der Waals surface area (Å²) in [7, 11) is 0. The summed E-state index contributed by atoms with van der Waals surface area (Å²) in [5, 5.41) is 7.42. The molecule has 0 spiro atoms. The van der Waals surface area contributed by atoms with Crippen molar-refractivity contribution in [2.24, 2.45) is 0 Å². The van der Waals surface area contributed by atoms with Gasteiger partial charge in [-0.25, -0.2) is 9.50 Å². The lowest BCUT2D eigenvalue weighted by molar-refractivity contribution is -0.153. The second-order valence-corrected chi connectivity index (χ2v) is 7.17. The zero-order chi connectivity index (χ0) is 21.1. The van der Waals surface area contributed by atoms with Crippen LogP contribution < -0.4 is 5.32 Å². The number of esters is 1. The van der Waals surface area contributed by atoms with Crippen LogP contribution in [-0.2, 0) is 20.7 Å². The number of benzene rings is 1. The summed E-state index contributed by atoms with van der Waals surface area (Å²) in [4.78, 5) is 33.1. The molecule has 0 bridgehead atoms. The molecular formula is C20H22ClN5O3. The van der Waals surface area contributed by atoms with Crippen molar-refractivity contribution in [2.45, 2.75) is 46.6 Å². The van der Waals surface area contributed by atoms with Gasteiger partial charge in [0.1, 0.15) is 6.33 Å². The van der Waals surface area contributed by atoms with E-state index < -0.39 is 18.0 Å². The van der Waals surface area contributed by atoms with Crippen LogP contribution >= 0.6 is 11.6 Å². The van der Waals surface area contributed by atoms with Gasteiger partial charge in [-0.1, -0.05) is 17.7 Å². The van der Waals surface area contributed by atoms with Gasteiger partial charge in [-0.15, -0.1) is 0 Å². The Morgan fingerprint density at radius 1 is 1.28 bits per heavy atom. The van der Waals surface area contributed by atoms with E-state index in [9.17, 15) is 9.59 Å². The average molecular weight is 416 g/mol. The van der Waals surface area contributed by atoms with Crippen LogP contribution in [0.5, 0.6) is 0 Å². The molecule has 0 saturated heterocycles. The van der Waals surface area contributed by atoms with Crippen LogP contribution in [0.3, 0.4) is 0 Å². The molecule has 0 saturated carbocycles. The van der Waals surface area contributed by atoms with Crippen molar-refractivity contribution in [3.63, 3.8) is 0 Å². The van der Waals surface area contributed by atoms with Crippen molar-refractivity contribution in [3.05, 3.63) is 52.1 Å². The van der Waals surface area contributed by atoms with Crippen LogP contribution in [0.2, 0.25) is 5.02 Å². The molecule has 3 rings (SSSR count). The molecule has 2 heterocycles. The smallest absolute Gasteiger partial charge is 0.306 e. The first kappa shape index (κ1) is 20.7. The monoisotopic (exact) mass is 415 g/mol. The minimum atomic E-state index is -0.931. The summed E-state index contributed by atoms with van der Waals surface area (Å²) in [6.45, 7) is 7.11. The summed E-state index contributed by atoms with van der Waals surface area (Å²) >= 11 is 6.06. The van der Waals surface area contributed by atoms with Gasteiger partial charge < -0.3 is 10.1 Å². The Balaban J connectivity index is 1.59. The molecule has 0 aliphatic rings. The third-order valence-corrected chi connectivity index (χ3v) is 5.18. The number of hydrogen-bond donors (Lipinski definition) is 1. The highest BCUT2D eigenvalue weighted by molar-refractivity contribution is 6.31. The number of anilines is 1. The van der Waals surface area contributed by atoms with E-state index in [0.717, 1.165) is 22.5 Å². The van der Waals surface area contributed by atoms with E-state index in [1.165, 1.54) is 13.3 Å². The number of rotatable bonds is 6. The summed E-state index contributed by atoms with van der Waals surface area (Å²) in [6.07, 6.45) is 1.06. The van der Waals surface area contributed by atoms with E-state index in [1.807, 2.05) is 13.8 Å². The Kier molecular flexibility index (Phi) is 6.12. The quantitative estimate of drug-likeness (QED) is 0.620. The van der Waals surface area contributed by atoms with E-state index in [1.54, 1.807) is 29.6 Å². The van der Waals surface area contributed by atoms with Gasteiger partial charge in [-0.05, 0) is 57.4 Å². The fourth-order valence-electron chi connectivity index (χ4n) is 3.03. The zero-order valence-electron chi connectivity index (χ0n) is 16.7. The fraction of sp³-hybridized carbons (Fsp3) is 0.350. The predicted molar refractivity (Wildman–Crippen MR) is 109 cm³/mol. The number of nitrogens with one attached hydrogen (secondary N) is 1. The van der Waals surface area contributed by atoms with Crippen LogP contribution in [0.25, 0.3) is 5.78 Å². The first-order valence-electron chi connectivity index (χ1n) is 9.19. The number of halogens is 1. The average Bonchev–Trinajstić information content (AvgIpc) is 3.13. The summed E-state index contributed by atoms with van der Waals surface area (Å²) in [5.41, 5.74) is 3.91. The topological polar surface area (TPSA) is 98.5 Å². The molecule has 1 aromatic carbocycles. The van der Waals surface area contributed by atoms with Gasteiger partial charge in [0.2, 0.25) is 0 Å². The maximum absolute atomic E-state index is 12.4. The number of aromatic nitrogens is 4. The molecule has 29 heavy (non-hydrogen) atoms. The lowest BCUT2D eigenvalue weighted by Crippen LogP contribution is -2.30. The SMILES string of the molecule is Cc1nc2ncnn2c(C)c1CCC(=O)O[C@H](C)C(=O)Nc1cccc(Cl)c1C. The van der Waals surface area contributed by atoms with Gasteiger partial charge in [0, 0.05) is 28.5 Å². The third kappa shape index (κ3) is 4.54. The number of aryl methyl sites for hydroxylation is 2. The van der Waals surface area contributed by atoms with Gasteiger partial charge in [-0.3, -0.25) is 9.59 Å². The number of hydrogen-bond acceptors (Lipinski definition) is 6. The van der Waals surface area contributed by atoms with E-state index >= 15 is 0 Å². The molecule has 0 radical (unpaired) electrons. The molecule has 152 valence electrons. The molecule has 0 fully saturated rings. The third-order valence-electron chi connectivity index (χ3n) is 4.77. The lowest BCUT2D eigenvalue weighted by Gasteiger charge is -2.15. The molecule has 1 atom stereocenters. The molecule has 9 heteroatoms. The van der Waals surface area contributed by atoms with E-state index in [-0.39, 0.29) is 6.42 Å². The Hall–Kier alpha value is -3.00. The van der Waals surface area contributed by atoms with Crippen molar-refractivity contribution in [1.29, 1.82) is 0 Å². The van der Waals surface area contributed by atoms with Gasteiger partial charge in [0.05, 0.1) is 0 Å². The van der Waals surface area contributed by atoms with Crippen molar-refractivity contribution < 1.29 is 14.3 Å². The molecule has 0 aliphatic heterocycles. The maximum Gasteiger partial charge on any atom is 0.306 e. The van der Waals surface area contributed by atoms with E-state index in [0.29, 0.717) is 22.9 Å². The predicted octanol–water partition coefficient (Wildman–Crippen LogP) is 3.21. The van der Waals surface area contributed by atoms with Gasteiger partial charge in [0.15, 0.2) is 6.10 Å². The molecule has 1 N–H and O–H groups in total. The molecule has 8 nitrogen and oxygen atoms in total. The van der Waals surface area contributed by atoms with E-state index in [2.05, 4.69) is 20.4 Å². The summed E-state index contributed by atoms with van der Waals surface area (Å²) < 4.78 is 6.93. The number of carbonyl (C=O) groups excluding carboxylic acids is 2. The van der Waals surface area contributed by atoms with Gasteiger partial charge in [-0.2, -0.15) is 10.1 Å². The second-order valence-electron chi connectivity index (χ2n) is 6.77. The first-order valence-corrected chi connectivity index (χ1v) is 9.57. The highest BCUT2D eigenvalue weighted by Gasteiger charge is 2.20.